The van der Waals surface area contributed by atoms with Gasteiger partial charge < -0.3 is 0 Å². The minimum absolute atomic E-state index is 0.567. The fourth-order valence-electron chi connectivity index (χ4n) is 3.62. The van der Waals surface area contributed by atoms with Crippen molar-refractivity contribution in [2.75, 3.05) is 0 Å². The Morgan fingerprint density at radius 3 is 1.42 bits per heavy atom. The number of rotatable bonds is 3. The Morgan fingerprint density at radius 1 is 0.605 bits per heavy atom. The molecule has 17 heteroatoms. The minimum atomic E-state index is -6.28. The van der Waals surface area contributed by atoms with Crippen LogP contribution in [0, 0.1) is 23.3 Å². The Bertz CT molecular complexity index is 1500. The zero-order valence-corrected chi connectivity index (χ0v) is 18.5. The third-order valence-electron chi connectivity index (χ3n) is 5.05. The van der Waals surface area contributed by atoms with Crippen LogP contribution in [0.5, 0.6) is 0 Å². The Morgan fingerprint density at radius 2 is 1.03 bits per heavy atom. The first kappa shape index (κ1) is 29.2. The van der Waals surface area contributed by atoms with Crippen LogP contribution >= 0.6 is 0 Å². The van der Waals surface area contributed by atoms with Crippen molar-refractivity contribution in [3.8, 4) is 22.3 Å². The van der Waals surface area contributed by atoms with Gasteiger partial charge in [0.15, 0.2) is 23.3 Å². The van der Waals surface area contributed by atoms with Crippen molar-refractivity contribution in [2.24, 2.45) is 5.14 Å². The molecule has 38 heavy (non-hydrogen) atoms. The van der Waals surface area contributed by atoms with Crippen LogP contribution in [0.2, 0.25) is 0 Å². The number of alkyl halides is 9. The van der Waals surface area contributed by atoms with E-state index in [1.54, 1.807) is 0 Å². The van der Waals surface area contributed by atoms with Crippen molar-refractivity contribution in [1.82, 2.24) is 0 Å². The van der Waals surface area contributed by atoms with Gasteiger partial charge in [0.2, 0.25) is 10.0 Å². The van der Waals surface area contributed by atoms with Gasteiger partial charge >= 0.3 is 18.5 Å². The quantitative estimate of drug-likeness (QED) is 0.200. The van der Waals surface area contributed by atoms with Gasteiger partial charge in [-0.05, 0) is 23.8 Å². The highest BCUT2D eigenvalue weighted by atomic mass is 32.2. The normalized spacial score (nSPS) is 13.2. The Hall–Kier alpha value is -3.34. The molecule has 0 atom stereocenters. The lowest BCUT2D eigenvalue weighted by atomic mass is 9.88. The van der Waals surface area contributed by atoms with Gasteiger partial charge in [0.25, 0.3) is 0 Å². The lowest BCUT2D eigenvalue weighted by Gasteiger charge is -2.23. The van der Waals surface area contributed by atoms with E-state index in [0.717, 1.165) is 12.1 Å². The fraction of sp³-hybridized carbons (Fsp3) is 0.143. The molecule has 0 aromatic heterocycles. The van der Waals surface area contributed by atoms with Gasteiger partial charge in [-0.2, -0.15) is 39.5 Å². The maximum Gasteiger partial charge on any atom is 0.417 e. The predicted octanol–water partition coefficient (Wildman–Crippen LogP) is 7.28. The molecule has 0 bridgehead atoms. The molecule has 2 N–H and O–H groups in total. The molecule has 0 heterocycles. The third kappa shape index (κ3) is 5.16. The van der Waals surface area contributed by atoms with Crippen LogP contribution in [-0.2, 0) is 28.6 Å². The van der Waals surface area contributed by atoms with Gasteiger partial charge in [-0.25, -0.2) is 31.1 Å². The average molecular weight is 585 g/mol. The molecule has 0 unspecified atom stereocenters. The summed E-state index contributed by atoms with van der Waals surface area (Å²) in [6.45, 7) is 0. The van der Waals surface area contributed by atoms with Crippen molar-refractivity contribution in [1.29, 1.82) is 0 Å². The molecular formula is C21H8F13NO2S. The standard InChI is InChI=1S/C21H8F13NO2S/c22-15-12(7-5-9(19(26,27)28)14(21(32,33)34)10(6-7)20(29,30)31)13(16(23)18(25)17(15)24)8-3-1-2-4-11(8)38(35,36)37/h1-6H,(H2,35,36,37). The fourth-order valence-corrected chi connectivity index (χ4v) is 4.36. The van der Waals surface area contributed by atoms with E-state index in [4.69, 9.17) is 5.14 Å². The van der Waals surface area contributed by atoms with Gasteiger partial charge in [-0.15, -0.1) is 0 Å². The number of primary sulfonamides is 1. The number of hydrogen-bond acceptors (Lipinski definition) is 2. The largest absolute Gasteiger partial charge is 0.417 e. The predicted molar refractivity (Wildman–Crippen MR) is 104 cm³/mol. The highest BCUT2D eigenvalue weighted by molar-refractivity contribution is 7.89. The zero-order valence-electron chi connectivity index (χ0n) is 17.7. The van der Waals surface area contributed by atoms with E-state index in [2.05, 4.69) is 0 Å². The molecule has 0 aliphatic heterocycles. The molecule has 0 radical (unpaired) electrons. The second kappa shape index (κ2) is 9.14. The van der Waals surface area contributed by atoms with E-state index in [0.29, 0.717) is 12.1 Å². The molecule has 0 aliphatic carbocycles. The highest BCUT2D eigenvalue weighted by Crippen LogP contribution is 2.50. The summed E-state index contributed by atoms with van der Waals surface area (Å²) in [4.78, 5) is -1.16. The Kier molecular flexibility index (Phi) is 7.03. The lowest BCUT2D eigenvalue weighted by molar-refractivity contribution is -0.174. The summed E-state index contributed by atoms with van der Waals surface area (Å²) in [5, 5.41) is 4.94. The summed E-state index contributed by atoms with van der Waals surface area (Å²) in [5.41, 5.74) is -15.9. The summed E-state index contributed by atoms with van der Waals surface area (Å²) in [5.74, 6) is -10.6. The van der Waals surface area contributed by atoms with Gasteiger partial charge in [-0.3, -0.25) is 0 Å². The van der Waals surface area contributed by atoms with Crippen LogP contribution in [0.3, 0.4) is 0 Å². The molecule has 3 aromatic carbocycles. The van der Waals surface area contributed by atoms with Gasteiger partial charge in [0, 0.05) is 16.7 Å². The molecule has 3 aromatic rings. The van der Waals surface area contributed by atoms with Gasteiger partial charge in [0.1, 0.15) is 0 Å². The molecule has 0 amide bonds. The van der Waals surface area contributed by atoms with Crippen LogP contribution in [0.25, 0.3) is 22.3 Å². The molecule has 3 nitrogen and oxygen atoms in total. The molecule has 206 valence electrons. The zero-order chi connectivity index (χ0) is 29.2. The van der Waals surface area contributed by atoms with E-state index in [9.17, 15) is 65.5 Å². The number of benzene rings is 3. The van der Waals surface area contributed by atoms with Crippen LogP contribution in [0.15, 0.2) is 41.3 Å². The maximum atomic E-state index is 14.9. The molecule has 0 saturated heterocycles. The van der Waals surface area contributed by atoms with Crippen LogP contribution < -0.4 is 5.14 Å². The van der Waals surface area contributed by atoms with Gasteiger partial charge in [0.05, 0.1) is 21.6 Å². The number of halogens is 13. The first-order valence-electron chi connectivity index (χ1n) is 9.46. The summed E-state index contributed by atoms with van der Waals surface area (Å²) in [6.07, 6.45) is -18.7. The molecule has 0 spiro atoms. The van der Waals surface area contributed by atoms with E-state index in [1.165, 1.54) is 0 Å². The van der Waals surface area contributed by atoms with Crippen molar-refractivity contribution >= 4 is 10.0 Å². The monoisotopic (exact) mass is 585 g/mol. The Balaban J connectivity index is 2.67. The average Bonchev–Trinajstić information content (AvgIpc) is 2.76. The molecule has 0 aliphatic rings. The molecular weight excluding hydrogens is 577 g/mol. The third-order valence-corrected chi connectivity index (χ3v) is 6.02. The van der Waals surface area contributed by atoms with Gasteiger partial charge in [-0.1, -0.05) is 18.2 Å². The van der Waals surface area contributed by atoms with Crippen LogP contribution in [0.4, 0.5) is 57.1 Å². The second-order valence-corrected chi connectivity index (χ2v) is 9.02. The van der Waals surface area contributed by atoms with E-state index in [-0.39, 0.29) is 0 Å². The minimum Gasteiger partial charge on any atom is -0.225 e. The summed E-state index contributed by atoms with van der Waals surface area (Å²) in [6, 6.07) is 1.60. The number of nitrogens with two attached hydrogens (primary N) is 1. The smallest absolute Gasteiger partial charge is 0.225 e. The van der Waals surface area contributed by atoms with Crippen molar-refractivity contribution in [3.63, 3.8) is 0 Å². The summed E-state index contributed by atoms with van der Waals surface area (Å²) in [7, 11) is -4.94. The highest BCUT2D eigenvalue weighted by Gasteiger charge is 2.50. The summed E-state index contributed by atoms with van der Waals surface area (Å²) >= 11 is 0. The van der Waals surface area contributed by atoms with Crippen LogP contribution in [0.1, 0.15) is 16.7 Å². The SMILES string of the molecule is NS(=O)(=O)c1ccccc1-c1c(F)c(F)c(F)c(F)c1-c1cc(C(F)(F)F)c(C(F)(F)F)c(C(F)(F)F)c1. The van der Waals surface area contributed by atoms with Crippen molar-refractivity contribution < 1.29 is 65.5 Å². The van der Waals surface area contributed by atoms with E-state index < -0.39 is 108 Å². The maximum absolute atomic E-state index is 14.9. The molecule has 0 fully saturated rings. The van der Waals surface area contributed by atoms with Crippen LogP contribution in [-0.4, -0.2) is 8.42 Å². The second-order valence-electron chi connectivity index (χ2n) is 7.49. The van der Waals surface area contributed by atoms with E-state index >= 15 is 0 Å². The lowest BCUT2D eigenvalue weighted by Crippen LogP contribution is -2.23. The first-order chi connectivity index (χ1) is 17.1. The topological polar surface area (TPSA) is 60.2 Å². The summed E-state index contributed by atoms with van der Waals surface area (Å²) < 4.78 is 203. The molecule has 3 rings (SSSR count). The Labute approximate surface area is 203 Å². The number of sulfonamides is 1. The van der Waals surface area contributed by atoms with E-state index in [1.807, 2.05) is 0 Å². The molecule has 0 saturated carbocycles. The first-order valence-corrected chi connectivity index (χ1v) is 11.0. The number of hydrogen-bond donors (Lipinski definition) is 1. The van der Waals surface area contributed by atoms with Crippen molar-refractivity contribution in [2.45, 2.75) is 23.4 Å². The van der Waals surface area contributed by atoms with Crippen molar-refractivity contribution in [3.05, 3.63) is 76.4 Å².